The van der Waals surface area contributed by atoms with Gasteiger partial charge in [-0.25, -0.2) is 0 Å². The van der Waals surface area contributed by atoms with Gasteiger partial charge in [-0.1, -0.05) is 0 Å². The van der Waals surface area contributed by atoms with E-state index in [0.29, 0.717) is 11.3 Å². The van der Waals surface area contributed by atoms with Crippen LogP contribution >= 0.6 is 0 Å². The van der Waals surface area contributed by atoms with Crippen molar-refractivity contribution in [2.24, 2.45) is 0 Å². The Kier molecular flexibility index (Phi) is 4.59. The van der Waals surface area contributed by atoms with Crippen LogP contribution in [0.2, 0.25) is 0 Å². The summed E-state index contributed by atoms with van der Waals surface area (Å²) in [6.07, 6.45) is -0.362. The molecule has 0 unspecified atom stereocenters. The average Bonchev–Trinajstić information content (AvgIpc) is 2.34. The number of methoxy groups -OCH3 is 1. The zero-order valence-corrected chi connectivity index (χ0v) is 10.2. The number of ketones is 2. The predicted octanol–water partition coefficient (Wildman–Crippen LogP) is 1.95. The van der Waals surface area contributed by atoms with Crippen LogP contribution in [0.4, 0.5) is 0 Å². The summed E-state index contributed by atoms with van der Waals surface area (Å²) in [6.45, 7) is 1.40. The van der Waals surface area contributed by atoms with Gasteiger partial charge in [-0.15, -0.1) is 0 Å². The molecule has 18 heavy (non-hydrogen) atoms. The number of hydrogen-bond acceptors (Lipinski definition) is 4. The monoisotopic (exact) mass is 250 g/mol. The van der Waals surface area contributed by atoms with Gasteiger partial charge in [0.2, 0.25) is 0 Å². The highest BCUT2D eigenvalue weighted by molar-refractivity contribution is 6.03. The molecule has 1 aromatic rings. The van der Waals surface area contributed by atoms with E-state index in [1.165, 1.54) is 26.2 Å². The number of carboxylic acids is 1. The van der Waals surface area contributed by atoms with Crippen molar-refractivity contribution in [3.05, 3.63) is 29.3 Å². The van der Waals surface area contributed by atoms with Crippen LogP contribution in [0.15, 0.2) is 18.2 Å². The summed E-state index contributed by atoms with van der Waals surface area (Å²) in [4.78, 5) is 33.5. The Morgan fingerprint density at radius 2 is 1.89 bits per heavy atom. The lowest BCUT2D eigenvalue weighted by atomic mass is 10.0. The van der Waals surface area contributed by atoms with E-state index in [1.807, 2.05) is 0 Å². The maximum absolute atomic E-state index is 11.8. The lowest BCUT2D eigenvalue weighted by Gasteiger charge is -2.08. The van der Waals surface area contributed by atoms with Gasteiger partial charge in [0.1, 0.15) is 5.75 Å². The van der Waals surface area contributed by atoms with Gasteiger partial charge >= 0.3 is 5.97 Å². The summed E-state index contributed by atoms with van der Waals surface area (Å²) in [6, 6.07) is 4.53. The molecule has 96 valence electrons. The fraction of sp³-hybridized carbons (Fsp3) is 0.308. The van der Waals surface area contributed by atoms with Gasteiger partial charge in [-0.2, -0.15) is 0 Å². The standard InChI is InChI=1S/C13H14O5/c1-8(14)9-3-5-12(18-2)10(7-9)11(15)4-6-13(16)17/h3,5,7H,4,6H2,1-2H3,(H,16,17). The molecule has 0 amide bonds. The first-order valence-electron chi connectivity index (χ1n) is 5.39. The van der Waals surface area contributed by atoms with E-state index in [2.05, 4.69) is 0 Å². The molecular formula is C13H14O5. The quantitative estimate of drug-likeness (QED) is 0.780. The van der Waals surface area contributed by atoms with Crippen molar-refractivity contribution in [1.82, 2.24) is 0 Å². The van der Waals surface area contributed by atoms with E-state index in [-0.39, 0.29) is 30.0 Å². The molecule has 0 aliphatic heterocycles. The third kappa shape index (κ3) is 3.41. The minimum absolute atomic E-state index is 0.118. The highest BCUT2D eigenvalue weighted by atomic mass is 16.5. The van der Waals surface area contributed by atoms with E-state index >= 15 is 0 Å². The second kappa shape index (κ2) is 5.95. The Hall–Kier alpha value is -2.17. The van der Waals surface area contributed by atoms with Crippen molar-refractivity contribution < 1.29 is 24.2 Å². The molecule has 0 fully saturated rings. The smallest absolute Gasteiger partial charge is 0.303 e. The van der Waals surface area contributed by atoms with Gasteiger partial charge in [0.15, 0.2) is 11.6 Å². The van der Waals surface area contributed by atoms with Gasteiger partial charge in [-0.3, -0.25) is 14.4 Å². The lowest BCUT2D eigenvalue weighted by molar-refractivity contribution is -0.136. The SMILES string of the molecule is COc1ccc(C(C)=O)cc1C(=O)CCC(=O)O. The number of carboxylic acid groups (broad SMARTS) is 1. The van der Waals surface area contributed by atoms with E-state index in [0.717, 1.165) is 0 Å². The number of rotatable bonds is 6. The normalized spacial score (nSPS) is 9.89. The molecule has 0 radical (unpaired) electrons. The van der Waals surface area contributed by atoms with Crippen molar-refractivity contribution in [1.29, 1.82) is 0 Å². The van der Waals surface area contributed by atoms with Crippen molar-refractivity contribution in [2.45, 2.75) is 19.8 Å². The Bertz CT molecular complexity index is 490. The molecule has 1 rings (SSSR count). The summed E-state index contributed by atoms with van der Waals surface area (Å²) in [5.74, 6) is -1.21. The molecule has 0 atom stereocenters. The highest BCUT2D eigenvalue weighted by Gasteiger charge is 2.15. The third-order valence-corrected chi connectivity index (χ3v) is 2.47. The largest absolute Gasteiger partial charge is 0.496 e. The van der Waals surface area contributed by atoms with E-state index < -0.39 is 5.97 Å². The van der Waals surface area contributed by atoms with Crippen LogP contribution in [0.5, 0.6) is 5.75 Å². The van der Waals surface area contributed by atoms with E-state index in [4.69, 9.17) is 9.84 Å². The van der Waals surface area contributed by atoms with Crippen LogP contribution in [-0.2, 0) is 4.79 Å². The predicted molar refractivity (Wildman–Crippen MR) is 64.2 cm³/mol. The number of carbonyl (C=O) groups excluding carboxylic acids is 2. The molecule has 0 aliphatic rings. The Morgan fingerprint density at radius 1 is 1.22 bits per heavy atom. The number of aliphatic carboxylic acids is 1. The van der Waals surface area contributed by atoms with Crippen LogP contribution in [0.1, 0.15) is 40.5 Å². The Balaban J connectivity index is 3.03. The number of hydrogen-bond donors (Lipinski definition) is 1. The zero-order valence-electron chi connectivity index (χ0n) is 10.2. The molecule has 1 N–H and O–H groups in total. The van der Waals surface area contributed by atoms with Gasteiger partial charge < -0.3 is 9.84 Å². The minimum atomic E-state index is -1.04. The molecule has 0 saturated carbocycles. The summed E-state index contributed by atoms with van der Waals surface area (Å²) in [5.41, 5.74) is 0.640. The molecule has 0 bridgehead atoms. The molecule has 0 aliphatic carbocycles. The third-order valence-electron chi connectivity index (χ3n) is 2.47. The second-order valence-electron chi connectivity index (χ2n) is 3.79. The van der Waals surface area contributed by atoms with Gasteiger partial charge in [0.05, 0.1) is 19.1 Å². The maximum Gasteiger partial charge on any atom is 0.303 e. The van der Waals surface area contributed by atoms with Gasteiger partial charge in [-0.05, 0) is 25.1 Å². The first kappa shape index (κ1) is 13.9. The second-order valence-corrected chi connectivity index (χ2v) is 3.79. The van der Waals surface area contributed by atoms with Crippen LogP contribution < -0.4 is 4.74 Å². The first-order chi connectivity index (χ1) is 8.45. The summed E-state index contributed by atoms with van der Waals surface area (Å²) in [7, 11) is 1.41. The summed E-state index contributed by atoms with van der Waals surface area (Å²) < 4.78 is 5.03. The fourth-order valence-corrected chi connectivity index (χ4v) is 1.50. The van der Waals surface area contributed by atoms with Crippen molar-refractivity contribution in [2.75, 3.05) is 7.11 Å². The van der Waals surface area contributed by atoms with Crippen molar-refractivity contribution in [3.8, 4) is 5.75 Å². The fourth-order valence-electron chi connectivity index (χ4n) is 1.50. The van der Waals surface area contributed by atoms with Crippen molar-refractivity contribution >= 4 is 17.5 Å². The molecule has 0 heterocycles. The van der Waals surface area contributed by atoms with E-state index in [9.17, 15) is 14.4 Å². The Labute approximate surface area is 104 Å². The Morgan fingerprint density at radius 3 is 2.39 bits per heavy atom. The maximum atomic E-state index is 11.8. The molecular weight excluding hydrogens is 236 g/mol. The summed E-state index contributed by atoms with van der Waals surface area (Å²) in [5, 5.41) is 8.54. The molecule has 5 heteroatoms. The van der Waals surface area contributed by atoms with Gasteiger partial charge in [0, 0.05) is 12.0 Å². The van der Waals surface area contributed by atoms with Crippen molar-refractivity contribution in [3.63, 3.8) is 0 Å². The van der Waals surface area contributed by atoms with Crippen LogP contribution in [0.3, 0.4) is 0 Å². The average molecular weight is 250 g/mol. The first-order valence-corrected chi connectivity index (χ1v) is 5.39. The molecule has 1 aromatic carbocycles. The zero-order chi connectivity index (χ0) is 13.7. The van der Waals surface area contributed by atoms with Gasteiger partial charge in [0.25, 0.3) is 0 Å². The molecule has 5 nitrogen and oxygen atoms in total. The molecule has 0 spiro atoms. The molecule has 0 aromatic heterocycles. The number of carbonyl (C=O) groups is 3. The summed E-state index contributed by atoms with van der Waals surface area (Å²) >= 11 is 0. The van der Waals surface area contributed by atoms with Crippen LogP contribution in [0, 0.1) is 0 Å². The minimum Gasteiger partial charge on any atom is -0.496 e. The van der Waals surface area contributed by atoms with Crippen LogP contribution in [-0.4, -0.2) is 29.8 Å². The number of ether oxygens (including phenoxy) is 1. The van der Waals surface area contributed by atoms with Crippen LogP contribution in [0.25, 0.3) is 0 Å². The number of Topliss-reactive ketones (excluding diaryl/α,β-unsaturated/α-hetero) is 2. The number of benzene rings is 1. The molecule has 0 saturated heterocycles. The topological polar surface area (TPSA) is 80.7 Å². The van der Waals surface area contributed by atoms with E-state index in [1.54, 1.807) is 6.07 Å². The lowest BCUT2D eigenvalue weighted by Crippen LogP contribution is -2.07. The highest BCUT2D eigenvalue weighted by Crippen LogP contribution is 2.22.